The summed E-state index contributed by atoms with van der Waals surface area (Å²) in [6, 6.07) is 0. The zero-order valence-corrected chi connectivity index (χ0v) is 11.7. The lowest BCUT2D eigenvalue weighted by Gasteiger charge is -1.93. The van der Waals surface area contributed by atoms with Gasteiger partial charge in [0.25, 0.3) is 0 Å². The third-order valence-electron chi connectivity index (χ3n) is 1.71. The molecule has 8 N–H and O–H groups in total. The van der Waals surface area contributed by atoms with Gasteiger partial charge >= 0.3 is 0 Å². The van der Waals surface area contributed by atoms with Gasteiger partial charge in [-0.2, -0.15) is 15.0 Å². The number of unbranched alkanes of at least 4 members (excludes halogenated alkanes) is 2. The second kappa shape index (κ2) is 14.4. The molecule has 0 unspecified atom stereocenters. The minimum atomic E-state index is 0.0417. The van der Waals surface area contributed by atoms with Crippen LogP contribution in [-0.2, 0) is 0 Å². The first-order valence-corrected chi connectivity index (χ1v) is 6.25. The summed E-state index contributed by atoms with van der Waals surface area (Å²) in [5.41, 5.74) is 15.4. The Morgan fingerprint density at radius 2 is 1.00 bits per heavy atom. The summed E-state index contributed by atoms with van der Waals surface area (Å²) in [6.45, 7) is 4.79. The van der Waals surface area contributed by atoms with Crippen LogP contribution in [0, 0.1) is 0 Å². The van der Waals surface area contributed by atoms with Crippen molar-refractivity contribution in [3.05, 3.63) is 0 Å². The standard InChI is InChI=1S/2C4H10O.C3H6N6/c2*1-2-3-4-5;4-1-7-2(5)9-3(6)8-1/h2*5H,2-4H2,1H3;(H6,4,5,6,7,8,9). The molecule has 8 nitrogen and oxygen atoms in total. The molecule has 0 fully saturated rings. The van der Waals surface area contributed by atoms with E-state index in [1.54, 1.807) is 0 Å². The van der Waals surface area contributed by atoms with E-state index in [1.807, 2.05) is 0 Å². The number of hydrogen-bond acceptors (Lipinski definition) is 8. The minimum absolute atomic E-state index is 0.0417. The Bertz CT molecular complexity index is 251. The lowest BCUT2D eigenvalue weighted by atomic mass is 10.4. The number of nitrogens with two attached hydrogens (primary N) is 3. The van der Waals surface area contributed by atoms with Crippen molar-refractivity contribution in [2.45, 2.75) is 39.5 Å². The van der Waals surface area contributed by atoms with Gasteiger partial charge in [0.1, 0.15) is 0 Å². The van der Waals surface area contributed by atoms with Gasteiger partial charge in [-0.3, -0.25) is 0 Å². The second-order valence-electron chi connectivity index (χ2n) is 3.56. The van der Waals surface area contributed by atoms with E-state index in [1.165, 1.54) is 0 Å². The summed E-state index contributed by atoms with van der Waals surface area (Å²) >= 11 is 0. The molecule has 19 heavy (non-hydrogen) atoms. The molecule has 112 valence electrons. The topological polar surface area (TPSA) is 157 Å². The highest BCUT2D eigenvalue weighted by Gasteiger charge is 1.93. The maximum atomic E-state index is 8.07. The maximum absolute atomic E-state index is 8.07. The molecule has 0 aliphatic heterocycles. The second-order valence-corrected chi connectivity index (χ2v) is 3.56. The molecule has 8 heteroatoms. The molecular weight excluding hydrogens is 248 g/mol. The molecule has 0 aliphatic rings. The van der Waals surface area contributed by atoms with E-state index in [0.717, 1.165) is 25.7 Å². The number of rotatable bonds is 4. The maximum Gasteiger partial charge on any atom is 0.226 e. The third-order valence-corrected chi connectivity index (χ3v) is 1.71. The van der Waals surface area contributed by atoms with E-state index in [-0.39, 0.29) is 17.8 Å². The molecule has 0 aliphatic carbocycles. The molecule has 0 bridgehead atoms. The Morgan fingerprint density at radius 1 is 0.737 bits per heavy atom. The lowest BCUT2D eigenvalue weighted by Crippen LogP contribution is -2.05. The first kappa shape index (κ1) is 19.7. The summed E-state index contributed by atoms with van der Waals surface area (Å²) in [6.07, 6.45) is 4.08. The van der Waals surface area contributed by atoms with Crippen LogP contribution in [0.1, 0.15) is 39.5 Å². The quantitative estimate of drug-likeness (QED) is 0.520. The Kier molecular flexibility index (Phi) is 14.9. The molecular formula is C11H26N6O2. The van der Waals surface area contributed by atoms with Crippen LogP contribution in [0.15, 0.2) is 0 Å². The Hall–Kier alpha value is -1.67. The number of aliphatic hydroxyl groups is 2. The van der Waals surface area contributed by atoms with Gasteiger partial charge in [0.15, 0.2) is 0 Å². The predicted molar refractivity (Wildman–Crippen MR) is 77.1 cm³/mol. The fourth-order valence-corrected chi connectivity index (χ4v) is 0.743. The average molecular weight is 274 g/mol. The first-order valence-electron chi connectivity index (χ1n) is 6.25. The van der Waals surface area contributed by atoms with Crippen molar-refractivity contribution in [1.82, 2.24) is 15.0 Å². The summed E-state index contributed by atoms with van der Waals surface area (Å²) in [5.74, 6) is 0.125. The van der Waals surface area contributed by atoms with Gasteiger partial charge in [-0.05, 0) is 12.8 Å². The van der Waals surface area contributed by atoms with Crippen molar-refractivity contribution in [1.29, 1.82) is 0 Å². The van der Waals surface area contributed by atoms with Crippen LogP contribution < -0.4 is 17.2 Å². The summed E-state index contributed by atoms with van der Waals surface area (Å²) in [5, 5.41) is 16.1. The molecule has 0 spiro atoms. The van der Waals surface area contributed by atoms with Gasteiger partial charge in [0.05, 0.1) is 0 Å². The zero-order valence-electron chi connectivity index (χ0n) is 11.7. The molecule has 0 amide bonds. The number of nitrogen functional groups attached to an aromatic ring is 3. The van der Waals surface area contributed by atoms with Crippen molar-refractivity contribution < 1.29 is 10.2 Å². The van der Waals surface area contributed by atoms with Gasteiger partial charge in [0, 0.05) is 13.2 Å². The van der Waals surface area contributed by atoms with Crippen LogP contribution in [-0.4, -0.2) is 38.4 Å². The van der Waals surface area contributed by atoms with Crippen LogP contribution >= 0.6 is 0 Å². The van der Waals surface area contributed by atoms with Crippen LogP contribution in [0.4, 0.5) is 17.8 Å². The number of anilines is 3. The van der Waals surface area contributed by atoms with E-state index in [2.05, 4.69) is 28.8 Å². The predicted octanol–water partition coefficient (Wildman–Crippen LogP) is 0.176. The van der Waals surface area contributed by atoms with Crippen molar-refractivity contribution in [3.8, 4) is 0 Å². The molecule has 1 aromatic heterocycles. The Labute approximate surface area is 114 Å². The van der Waals surface area contributed by atoms with Crippen LogP contribution in [0.25, 0.3) is 0 Å². The van der Waals surface area contributed by atoms with Crippen LogP contribution in [0.3, 0.4) is 0 Å². The van der Waals surface area contributed by atoms with Gasteiger partial charge < -0.3 is 27.4 Å². The largest absolute Gasteiger partial charge is 0.396 e. The SMILES string of the molecule is CCCCO.CCCCO.Nc1nc(N)nc(N)n1. The smallest absolute Gasteiger partial charge is 0.226 e. The first-order chi connectivity index (χ1) is 9.01. The summed E-state index contributed by atoms with van der Waals surface area (Å²) in [4.78, 5) is 10.5. The lowest BCUT2D eigenvalue weighted by molar-refractivity contribution is 0.286. The van der Waals surface area contributed by atoms with E-state index in [9.17, 15) is 0 Å². The molecule has 1 heterocycles. The van der Waals surface area contributed by atoms with Crippen molar-refractivity contribution in [3.63, 3.8) is 0 Å². The number of hydrogen-bond donors (Lipinski definition) is 5. The number of nitrogens with zero attached hydrogens (tertiary/aromatic N) is 3. The zero-order chi connectivity index (χ0) is 15.1. The van der Waals surface area contributed by atoms with Gasteiger partial charge in [-0.1, -0.05) is 26.7 Å². The van der Waals surface area contributed by atoms with E-state index in [0.29, 0.717) is 13.2 Å². The van der Waals surface area contributed by atoms with Crippen LogP contribution in [0.2, 0.25) is 0 Å². The van der Waals surface area contributed by atoms with Crippen molar-refractivity contribution in [2.24, 2.45) is 0 Å². The minimum Gasteiger partial charge on any atom is -0.396 e. The van der Waals surface area contributed by atoms with Gasteiger partial charge in [-0.25, -0.2) is 0 Å². The normalized spacial score (nSPS) is 8.84. The van der Waals surface area contributed by atoms with Gasteiger partial charge in [-0.15, -0.1) is 0 Å². The fourth-order valence-electron chi connectivity index (χ4n) is 0.743. The fraction of sp³-hybridized carbons (Fsp3) is 0.727. The van der Waals surface area contributed by atoms with E-state index < -0.39 is 0 Å². The molecule has 0 radical (unpaired) electrons. The number of aromatic nitrogens is 3. The molecule has 0 atom stereocenters. The third kappa shape index (κ3) is 16.3. The molecule has 1 rings (SSSR count). The average Bonchev–Trinajstić information content (AvgIpc) is 2.30. The Balaban J connectivity index is 0. The van der Waals surface area contributed by atoms with E-state index >= 15 is 0 Å². The monoisotopic (exact) mass is 274 g/mol. The number of aliphatic hydroxyl groups excluding tert-OH is 2. The van der Waals surface area contributed by atoms with Crippen molar-refractivity contribution in [2.75, 3.05) is 30.4 Å². The highest BCUT2D eigenvalue weighted by molar-refractivity contribution is 5.33. The molecule has 0 saturated carbocycles. The highest BCUT2D eigenvalue weighted by Crippen LogP contribution is 1.97. The summed E-state index contributed by atoms with van der Waals surface area (Å²) < 4.78 is 0. The van der Waals surface area contributed by atoms with E-state index in [4.69, 9.17) is 27.4 Å². The highest BCUT2D eigenvalue weighted by atomic mass is 16.3. The van der Waals surface area contributed by atoms with Crippen molar-refractivity contribution >= 4 is 17.8 Å². The molecule has 1 aromatic rings. The van der Waals surface area contributed by atoms with Gasteiger partial charge in [0.2, 0.25) is 17.8 Å². The Morgan fingerprint density at radius 3 is 1.11 bits per heavy atom. The summed E-state index contributed by atoms with van der Waals surface area (Å²) in [7, 11) is 0. The molecule has 0 saturated heterocycles. The molecule has 0 aromatic carbocycles. The van der Waals surface area contributed by atoms with Crippen LogP contribution in [0.5, 0.6) is 0 Å².